The maximum atomic E-state index is 5.75. The van der Waals surface area contributed by atoms with Gasteiger partial charge in [0.1, 0.15) is 11.2 Å². The zero-order valence-corrected chi connectivity index (χ0v) is 68.1. The van der Waals surface area contributed by atoms with Gasteiger partial charge in [0.15, 0.2) is 0 Å². The van der Waals surface area contributed by atoms with Crippen molar-refractivity contribution in [1.82, 2.24) is 0 Å². The second kappa shape index (κ2) is 31.7. The van der Waals surface area contributed by atoms with Gasteiger partial charge in [-0.1, -0.05) is 282 Å². The molecule has 1 aliphatic carbocycles. The van der Waals surface area contributed by atoms with Gasteiger partial charge in [-0.15, -0.1) is 22.7 Å². The van der Waals surface area contributed by atoms with Crippen molar-refractivity contribution in [1.29, 1.82) is 0 Å². The molecular formula is C81H53Br10NOS2. The maximum absolute atomic E-state index is 5.75. The molecule has 0 N–H and O–H groups in total. The van der Waals surface area contributed by atoms with Gasteiger partial charge in [0.2, 0.25) is 0 Å². The molecule has 2 nitrogen and oxygen atoms in total. The highest BCUT2D eigenvalue weighted by Crippen LogP contribution is 2.50. The molecule has 0 unspecified atom stereocenters. The van der Waals surface area contributed by atoms with Gasteiger partial charge in [-0.05, 0) is 209 Å². The SMILES string of the molecule is Brc1ccc(-c2cccc3c2sc2ccccc23)cc1.Brc1ccc(Br)cc1.Brc1ccc(N(c2ccccc2)c2ccccc2)cc1.Brc1ccc2c(c1)oc1cc(Br)ccc12.Brc1ccc2c(c1)sc1cc(Br)ccc12.CC1(C)c2cc(Br)ccc2-c2ccc(Br)cc21. The zero-order chi connectivity index (χ0) is 66.3. The van der Waals surface area contributed by atoms with Crippen LogP contribution in [-0.2, 0) is 5.41 Å². The third-order valence-electron chi connectivity index (χ3n) is 15.9. The first-order valence-electron chi connectivity index (χ1n) is 29.8. The number of benzene rings is 13. The maximum Gasteiger partial charge on any atom is 0.136 e. The van der Waals surface area contributed by atoms with E-state index < -0.39 is 0 Å². The Morgan fingerprint density at radius 1 is 0.274 bits per heavy atom. The van der Waals surface area contributed by atoms with E-state index in [4.69, 9.17) is 4.42 Å². The van der Waals surface area contributed by atoms with Crippen molar-refractivity contribution in [3.63, 3.8) is 0 Å². The molecule has 0 saturated carbocycles. The van der Waals surface area contributed by atoms with Crippen LogP contribution in [0.4, 0.5) is 17.1 Å². The van der Waals surface area contributed by atoms with Crippen LogP contribution < -0.4 is 4.90 Å². The van der Waals surface area contributed by atoms with Crippen LogP contribution in [0, 0.1) is 0 Å². The van der Waals surface area contributed by atoms with Gasteiger partial charge in [0.05, 0.1) is 0 Å². The van der Waals surface area contributed by atoms with E-state index in [1.54, 1.807) is 0 Å². The van der Waals surface area contributed by atoms with E-state index in [-0.39, 0.29) is 5.41 Å². The van der Waals surface area contributed by atoms with E-state index in [1.165, 1.54) is 73.7 Å². The number of rotatable bonds is 4. The Morgan fingerprint density at radius 2 is 0.632 bits per heavy atom. The van der Waals surface area contributed by atoms with E-state index >= 15 is 0 Å². The molecule has 0 aliphatic heterocycles. The molecule has 0 atom stereocenters. The number of halogens is 10. The highest BCUT2D eigenvalue weighted by atomic mass is 79.9. The third-order valence-corrected chi connectivity index (χ3v) is 23.3. The number of hydrogen-bond donors (Lipinski definition) is 0. The van der Waals surface area contributed by atoms with Crippen LogP contribution in [0.25, 0.3) is 84.5 Å². The summed E-state index contributed by atoms with van der Waals surface area (Å²) >= 11 is 38.3. The van der Waals surface area contributed by atoms with Crippen LogP contribution in [0.5, 0.6) is 0 Å². The molecule has 0 amide bonds. The second-order valence-electron chi connectivity index (χ2n) is 22.5. The lowest BCUT2D eigenvalue weighted by atomic mass is 9.82. The Labute approximate surface area is 645 Å². The summed E-state index contributed by atoms with van der Waals surface area (Å²) in [6.07, 6.45) is 0. The van der Waals surface area contributed by atoms with Crippen molar-refractivity contribution in [2.75, 3.05) is 4.90 Å². The highest BCUT2D eigenvalue weighted by Gasteiger charge is 2.35. The molecular weight excluding hydrogens is 1870 g/mol. The van der Waals surface area contributed by atoms with Gasteiger partial charge in [-0.2, -0.15) is 0 Å². The van der Waals surface area contributed by atoms with E-state index in [0.717, 1.165) is 83.7 Å². The lowest BCUT2D eigenvalue weighted by Crippen LogP contribution is -2.14. The number of hydrogen-bond acceptors (Lipinski definition) is 4. The van der Waals surface area contributed by atoms with E-state index in [9.17, 15) is 0 Å². The Morgan fingerprint density at radius 3 is 1.12 bits per heavy atom. The van der Waals surface area contributed by atoms with Gasteiger partial charge >= 0.3 is 0 Å². The third kappa shape index (κ3) is 16.7. The minimum atomic E-state index is 0.0816. The zero-order valence-electron chi connectivity index (χ0n) is 50.6. The molecule has 3 heterocycles. The van der Waals surface area contributed by atoms with E-state index in [1.807, 2.05) is 83.3 Å². The molecule has 0 fully saturated rings. The summed E-state index contributed by atoms with van der Waals surface area (Å²) in [5, 5.41) is 7.69. The Balaban J connectivity index is 0.000000111. The molecule has 1 aliphatic rings. The normalized spacial score (nSPS) is 11.7. The predicted molar refractivity (Wildman–Crippen MR) is 446 cm³/mol. The second-order valence-corrected chi connectivity index (χ2v) is 33.8. The number of para-hydroxylation sites is 2. The summed E-state index contributed by atoms with van der Waals surface area (Å²) in [6, 6.07) is 99.0. The van der Waals surface area contributed by atoms with E-state index in [0.29, 0.717) is 0 Å². The molecule has 95 heavy (non-hydrogen) atoms. The minimum absolute atomic E-state index is 0.0816. The summed E-state index contributed by atoms with van der Waals surface area (Å²) in [5.41, 5.74) is 13.5. The van der Waals surface area contributed by atoms with Crippen molar-refractivity contribution in [2.45, 2.75) is 19.3 Å². The van der Waals surface area contributed by atoms with Crippen molar-refractivity contribution in [3.8, 4) is 22.3 Å². The molecule has 17 rings (SSSR count). The number of furan rings is 1. The van der Waals surface area contributed by atoms with Gasteiger partial charge in [-0.25, -0.2) is 0 Å². The Bertz CT molecular complexity index is 5000. The first-order chi connectivity index (χ1) is 45.9. The van der Waals surface area contributed by atoms with Crippen molar-refractivity contribution < 1.29 is 4.42 Å². The molecule has 0 saturated heterocycles. The quantitative estimate of drug-likeness (QED) is 0.175. The van der Waals surface area contributed by atoms with Gasteiger partial charge < -0.3 is 9.32 Å². The topological polar surface area (TPSA) is 16.4 Å². The van der Waals surface area contributed by atoms with Gasteiger partial charge in [0, 0.05) is 118 Å². The average molecular weight is 1920 g/mol. The standard InChI is InChI=1S/C18H14BrN.C18H11BrS.C15H12Br2.C12H6Br2O.C12H6Br2S.C6H4Br2/c19-15-11-13-18(14-12-15)20(16-7-3-1-4-8-16)17-9-5-2-6-10-17;19-13-10-8-12(9-11-13)14-5-3-6-16-15-4-1-2-7-17(15)20-18(14)16;1-15(2)13-7-9(16)3-5-11(13)12-6-4-10(17)8-14(12)15;2*13-7-1-3-9-10-4-2-8(14)6-12(10)15-11(9)5-7;7-5-1-2-6(8)4-3-5/h1-14H;1-11H;3-8H,1-2H3;2*1-6H;1-4H. The van der Waals surface area contributed by atoms with Crippen LogP contribution >= 0.6 is 182 Å². The van der Waals surface area contributed by atoms with Crippen LogP contribution in [0.3, 0.4) is 0 Å². The molecule has 470 valence electrons. The smallest absolute Gasteiger partial charge is 0.136 e. The summed E-state index contributed by atoms with van der Waals surface area (Å²) in [5.74, 6) is 0. The van der Waals surface area contributed by atoms with Crippen molar-refractivity contribution in [3.05, 3.63) is 341 Å². The fourth-order valence-corrected chi connectivity index (χ4v) is 17.3. The Hall–Kier alpha value is -5.30. The molecule has 16 aromatic rings. The predicted octanol–water partition coefficient (Wildman–Crippen LogP) is 31.8. The number of anilines is 3. The number of fused-ring (bicyclic) bond motifs is 12. The van der Waals surface area contributed by atoms with Crippen molar-refractivity contribution >= 4 is 261 Å². The average Bonchev–Trinajstić information content (AvgIpc) is 1.59. The summed E-state index contributed by atoms with van der Waals surface area (Å²) < 4.78 is 22.2. The molecule has 13 aromatic carbocycles. The Kier molecular flexibility index (Phi) is 23.2. The van der Waals surface area contributed by atoms with Crippen LogP contribution in [0.2, 0.25) is 0 Å². The van der Waals surface area contributed by atoms with Gasteiger partial charge in [-0.3, -0.25) is 0 Å². The molecule has 0 bridgehead atoms. The lowest BCUT2D eigenvalue weighted by molar-refractivity contribution is 0.659. The number of thiophene rings is 2. The largest absolute Gasteiger partial charge is 0.456 e. The van der Waals surface area contributed by atoms with Crippen LogP contribution in [-0.4, -0.2) is 0 Å². The highest BCUT2D eigenvalue weighted by molar-refractivity contribution is 9.12. The lowest BCUT2D eigenvalue weighted by Gasteiger charge is -2.25. The summed E-state index contributed by atoms with van der Waals surface area (Å²) in [4.78, 5) is 2.24. The first kappa shape index (κ1) is 69.6. The summed E-state index contributed by atoms with van der Waals surface area (Å²) in [6.45, 7) is 4.58. The fourth-order valence-electron chi connectivity index (χ4n) is 11.4. The molecule has 3 aromatic heterocycles. The minimum Gasteiger partial charge on any atom is -0.456 e. The first-order valence-corrected chi connectivity index (χ1v) is 39.4. The van der Waals surface area contributed by atoms with Crippen LogP contribution in [0.1, 0.15) is 25.0 Å². The molecule has 14 heteroatoms. The van der Waals surface area contributed by atoms with Gasteiger partial charge in [0.25, 0.3) is 0 Å². The van der Waals surface area contributed by atoms with Crippen LogP contribution in [0.15, 0.2) is 334 Å². The summed E-state index contributed by atoms with van der Waals surface area (Å²) in [7, 11) is 0. The number of nitrogens with zero attached hydrogens (tertiary/aromatic N) is 1. The van der Waals surface area contributed by atoms with E-state index in [2.05, 4.69) is 403 Å². The van der Waals surface area contributed by atoms with Crippen molar-refractivity contribution in [2.24, 2.45) is 0 Å². The fraction of sp³-hybridized carbons (Fsp3) is 0.0370. The monoisotopic (exact) mass is 1910 g/mol. The molecule has 0 radical (unpaired) electrons. The molecule has 0 spiro atoms.